The summed E-state index contributed by atoms with van der Waals surface area (Å²) >= 11 is 1.26. The molecule has 1 amide bonds. The second-order valence-corrected chi connectivity index (χ2v) is 7.47. The summed E-state index contributed by atoms with van der Waals surface area (Å²) in [6.07, 6.45) is 1.68. The smallest absolute Gasteiger partial charge is 0.267 e. The first-order chi connectivity index (χ1) is 14.1. The van der Waals surface area contributed by atoms with Gasteiger partial charge in [0.1, 0.15) is 11.6 Å². The quantitative estimate of drug-likeness (QED) is 0.463. The lowest BCUT2D eigenvalue weighted by Gasteiger charge is -2.20. The van der Waals surface area contributed by atoms with Crippen LogP contribution in [0.15, 0.2) is 66.9 Å². The average molecular weight is 407 g/mol. The first-order valence-corrected chi connectivity index (χ1v) is 9.86. The maximum absolute atomic E-state index is 13.6. The van der Waals surface area contributed by atoms with Crippen molar-refractivity contribution in [2.75, 3.05) is 11.5 Å². The number of para-hydroxylation sites is 1. The van der Waals surface area contributed by atoms with Crippen LogP contribution < -0.4 is 9.64 Å². The molecule has 29 heavy (non-hydrogen) atoms. The summed E-state index contributed by atoms with van der Waals surface area (Å²) in [6, 6.07) is 17.4. The molecule has 7 heteroatoms. The minimum Gasteiger partial charge on any atom is -0.483 e. The summed E-state index contributed by atoms with van der Waals surface area (Å²) in [5.74, 6) is 0.0710. The van der Waals surface area contributed by atoms with E-state index >= 15 is 0 Å². The third-order valence-electron chi connectivity index (χ3n) is 4.36. The van der Waals surface area contributed by atoms with Gasteiger partial charge in [-0.05, 0) is 48.9 Å². The fraction of sp³-hybridized carbons (Fsp3) is 0.136. The molecule has 0 aliphatic carbocycles. The summed E-state index contributed by atoms with van der Waals surface area (Å²) in [6.45, 7) is 2.04. The van der Waals surface area contributed by atoms with Crippen LogP contribution in [0.2, 0.25) is 0 Å². The molecule has 4 rings (SSSR count). The molecule has 0 unspecified atom stereocenters. The molecule has 0 aliphatic rings. The number of carbonyl (C=O) groups is 1. The van der Waals surface area contributed by atoms with Crippen molar-refractivity contribution in [1.82, 2.24) is 9.97 Å². The normalized spacial score (nSPS) is 10.8. The number of pyridine rings is 1. The lowest BCUT2D eigenvalue weighted by Crippen LogP contribution is -2.34. The number of carbonyl (C=O) groups excluding carboxylic acids is 1. The van der Waals surface area contributed by atoms with Crippen LogP contribution in [-0.4, -0.2) is 22.5 Å². The molecule has 0 saturated carbocycles. The van der Waals surface area contributed by atoms with Gasteiger partial charge in [0.25, 0.3) is 5.91 Å². The number of rotatable bonds is 6. The second kappa shape index (κ2) is 8.36. The molecule has 2 heterocycles. The average Bonchev–Trinajstić information content (AvgIpc) is 3.14. The zero-order valence-corrected chi connectivity index (χ0v) is 16.5. The molecule has 0 saturated heterocycles. The molecular weight excluding hydrogens is 389 g/mol. The zero-order valence-electron chi connectivity index (χ0n) is 15.7. The first-order valence-electron chi connectivity index (χ1n) is 9.05. The monoisotopic (exact) mass is 407 g/mol. The van der Waals surface area contributed by atoms with Crippen LogP contribution in [0.3, 0.4) is 0 Å². The number of aromatic nitrogens is 2. The number of halogens is 1. The van der Waals surface area contributed by atoms with Crippen molar-refractivity contribution >= 4 is 32.6 Å². The third kappa shape index (κ3) is 4.41. The van der Waals surface area contributed by atoms with Gasteiger partial charge < -0.3 is 4.74 Å². The van der Waals surface area contributed by atoms with Crippen molar-refractivity contribution in [3.63, 3.8) is 0 Å². The first kappa shape index (κ1) is 19.0. The molecule has 2 aromatic heterocycles. The number of hydrogen-bond donors (Lipinski definition) is 0. The van der Waals surface area contributed by atoms with Gasteiger partial charge in [-0.15, -0.1) is 0 Å². The Kier molecular flexibility index (Phi) is 5.48. The Morgan fingerprint density at radius 1 is 1.14 bits per heavy atom. The largest absolute Gasteiger partial charge is 0.483 e. The molecule has 146 valence electrons. The summed E-state index contributed by atoms with van der Waals surface area (Å²) in [7, 11) is 0. The van der Waals surface area contributed by atoms with Gasteiger partial charge in [-0.3, -0.25) is 14.7 Å². The Morgan fingerprint density at radius 3 is 2.76 bits per heavy atom. The van der Waals surface area contributed by atoms with Gasteiger partial charge in [-0.25, -0.2) is 9.37 Å². The van der Waals surface area contributed by atoms with Crippen molar-refractivity contribution in [2.24, 2.45) is 0 Å². The van der Waals surface area contributed by atoms with E-state index in [1.165, 1.54) is 28.4 Å². The van der Waals surface area contributed by atoms with E-state index in [-0.39, 0.29) is 24.9 Å². The van der Waals surface area contributed by atoms with E-state index in [4.69, 9.17) is 4.74 Å². The SMILES string of the molecule is Cc1ccccc1OCC(=O)N(Cc1ccccn1)c1nc2ccc(F)cc2s1. The maximum Gasteiger partial charge on any atom is 0.267 e. The van der Waals surface area contributed by atoms with E-state index < -0.39 is 0 Å². The number of thiazole rings is 1. The fourth-order valence-corrected chi connectivity index (χ4v) is 3.86. The van der Waals surface area contributed by atoms with Crippen LogP contribution in [0.25, 0.3) is 10.2 Å². The number of anilines is 1. The van der Waals surface area contributed by atoms with E-state index in [1.807, 2.05) is 49.4 Å². The van der Waals surface area contributed by atoms with Crippen molar-refractivity contribution in [3.05, 3.63) is 83.9 Å². The van der Waals surface area contributed by atoms with E-state index in [9.17, 15) is 9.18 Å². The van der Waals surface area contributed by atoms with Gasteiger partial charge in [-0.1, -0.05) is 35.6 Å². The Hall–Kier alpha value is -3.32. The second-order valence-electron chi connectivity index (χ2n) is 6.46. The van der Waals surface area contributed by atoms with Crippen LogP contribution in [0.5, 0.6) is 5.75 Å². The molecule has 0 atom stereocenters. The van der Waals surface area contributed by atoms with Gasteiger partial charge in [0.05, 0.1) is 22.5 Å². The van der Waals surface area contributed by atoms with Gasteiger partial charge >= 0.3 is 0 Å². The predicted octanol–water partition coefficient (Wildman–Crippen LogP) is 4.75. The third-order valence-corrected chi connectivity index (χ3v) is 5.40. The Morgan fingerprint density at radius 2 is 1.97 bits per heavy atom. The topological polar surface area (TPSA) is 55.3 Å². The van der Waals surface area contributed by atoms with E-state index in [1.54, 1.807) is 12.3 Å². The van der Waals surface area contributed by atoms with E-state index in [2.05, 4.69) is 9.97 Å². The van der Waals surface area contributed by atoms with Crippen LogP contribution in [-0.2, 0) is 11.3 Å². The van der Waals surface area contributed by atoms with Crippen molar-refractivity contribution in [2.45, 2.75) is 13.5 Å². The lowest BCUT2D eigenvalue weighted by molar-refractivity contribution is -0.120. The Balaban J connectivity index is 1.61. The van der Waals surface area contributed by atoms with Crippen LogP contribution in [0.1, 0.15) is 11.3 Å². The minimum atomic E-state index is -0.335. The number of fused-ring (bicyclic) bond motifs is 1. The van der Waals surface area contributed by atoms with Gasteiger partial charge in [0, 0.05) is 6.20 Å². The summed E-state index contributed by atoms with van der Waals surface area (Å²) in [5, 5.41) is 0.481. The highest BCUT2D eigenvalue weighted by Crippen LogP contribution is 2.30. The van der Waals surface area contributed by atoms with Crippen LogP contribution in [0.4, 0.5) is 9.52 Å². The standard InChI is InChI=1S/C22H18FN3O2S/c1-15-6-2-3-8-19(15)28-14-21(27)26(13-17-7-4-5-11-24-17)22-25-18-10-9-16(23)12-20(18)29-22/h2-12H,13-14H2,1H3. The van der Waals surface area contributed by atoms with E-state index in [0.29, 0.717) is 21.1 Å². The highest BCUT2D eigenvalue weighted by Gasteiger charge is 2.21. The minimum absolute atomic E-state index is 0.137. The Bertz CT molecular complexity index is 1150. The molecule has 0 N–H and O–H groups in total. The predicted molar refractivity (Wildman–Crippen MR) is 112 cm³/mol. The van der Waals surface area contributed by atoms with Gasteiger partial charge in [0.15, 0.2) is 11.7 Å². The number of hydrogen-bond acceptors (Lipinski definition) is 5. The van der Waals surface area contributed by atoms with Crippen molar-refractivity contribution in [3.8, 4) is 5.75 Å². The summed E-state index contributed by atoms with van der Waals surface area (Å²) < 4.78 is 20.0. The van der Waals surface area contributed by atoms with Crippen LogP contribution >= 0.6 is 11.3 Å². The molecule has 0 spiro atoms. The number of benzene rings is 2. The zero-order chi connectivity index (χ0) is 20.2. The molecule has 5 nitrogen and oxygen atoms in total. The van der Waals surface area contributed by atoms with Gasteiger partial charge in [-0.2, -0.15) is 0 Å². The molecule has 4 aromatic rings. The highest BCUT2D eigenvalue weighted by molar-refractivity contribution is 7.22. The fourth-order valence-electron chi connectivity index (χ4n) is 2.85. The number of ether oxygens (including phenoxy) is 1. The lowest BCUT2D eigenvalue weighted by atomic mass is 10.2. The van der Waals surface area contributed by atoms with Gasteiger partial charge in [0.2, 0.25) is 0 Å². The molecular formula is C22H18FN3O2S. The number of amides is 1. The highest BCUT2D eigenvalue weighted by atomic mass is 32.1. The number of aryl methyl sites for hydroxylation is 1. The van der Waals surface area contributed by atoms with E-state index in [0.717, 1.165) is 11.3 Å². The summed E-state index contributed by atoms with van der Waals surface area (Å²) in [5.41, 5.74) is 2.32. The molecule has 2 aromatic carbocycles. The van der Waals surface area contributed by atoms with Crippen molar-refractivity contribution < 1.29 is 13.9 Å². The summed E-state index contributed by atoms with van der Waals surface area (Å²) in [4.78, 5) is 23.4. The maximum atomic E-state index is 13.6. The molecule has 0 aliphatic heterocycles. The van der Waals surface area contributed by atoms with Crippen molar-refractivity contribution in [1.29, 1.82) is 0 Å². The molecule has 0 bridgehead atoms. The van der Waals surface area contributed by atoms with Crippen LogP contribution in [0, 0.1) is 12.7 Å². The Labute approximate surface area is 171 Å². The molecule has 0 fully saturated rings. The number of nitrogens with zero attached hydrogens (tertiary/aromatic N) is 3. The molecule has 0 radical (unpaired) electrons.